The van der Waals surface area contributed by atoms with Crippen molar-refractivity contribution in [2.45, 2.75) is 26.3 Å². The summed E-state index contributed by atoms with van der Waals surface area (Å²) >= 11 is 1.59. The van der Waals surface area contributed by atoms with Crippen LogP contribution in [0.5, 0.6) is 5.75 Å². The van der Waals surface area contributed by atoms with Gasteiger partial charge in [0.2, 0.25) is 0 Å². The Morgan fingerprint density at radius 2 is 2.32 bits per heavy atom. The minimum absolute atomic E-state index is 0.132. The van der Waals surface area contributed by atoms with Crippen molar-refractivity contribution in [1.29, 1.82) is 0 Å². The molecule has 2 N–H and O–H groups in total. The van der Waals surface area contributed by atoms with Crippen molar-refractivity contribution < 1.29 is 9.53 Å². The van der Waals surface area contributed by atoms with Gasteiger partial charge < -0.3 is 19.9 Å². The van der Waals surface area contributed by atoms with E-state index in [4.69, 9.17) is 4.74 Å². The standard InChI is InChI=1S/C17H22N4O3S/c1-11-14(25-10-20-11)4-6-19-17(23)16-12-3-5-18-7-8-21(12)15(22)9-13(16)24-2/h9-10,18H,3-8H2,1-2H3,(H,19,23). The average Bonchev–Trinajstić information content (AvgIpc) is 2.85. The minimum atomic E-state index is -0.204. The van der Waals surface area contributed by atoms with Gasteiger partial charge in [-0.3, -0.25) is 9.59 Å². The van der Waals surface area contributed by atoms with Crippen LogP contribution in [0.2, 0.25) is 0 Å². The molecule has 0 aliphatic carbocycles. The minimum Gasteiger partial charge on any atom is -0.496 e. The van der Waals surface area contributed by atoms with Crippen LogP contribution in [0.15, 0.2) is 16.4 Å². The van der Waals surface area contributed by atoms with E-state index in [0.29, 0.717) is 37.4 Å². The number of carbonyl (C=O) groups is 1. The van der Waals surface area contributed by atoms with Crippen LogP contribution in [-0.4, -0.2) is 42.2 Å². The van der Waals surface area contributed by atoms with Crippen molar-refractivity contribution in [3.63, 3.8) is 0 Å². The van der Waals surface area contributed by atoms with Gasteiger partial charge in [0.15, 0.2) is 0 Å². The summed E-state index contributed by atoms with van der Waals surface area (Å²) in [6.45, 7) is 4.48. The Kier molecular flexibility index (Phi) is 5.50. The lowest BCUT2D eigenvalue weighted by molar-refractivity contribution is 0.0949. The second-order valence-corrected chi connectivity index (χ2v) is 6.83. The summed E-state index contributed by atoms with van der Waals surface area (Å²) < 4.78 is 6.99. The van der Waals surface area contributed by atoms with Crippen LogP contribution < -0.4 is 20.9 Å². The largest absolute Gasteiger partial charge is 0.496 e. The van der Waals surface area contributed by atoms with Crippen molar-refractivity contribution in [3.05, 3.63) is 43.8 Å². The number of nitrogens with one attached hydrogen (secondary N) is 2. The fourth-order valence-electron chi connectivity index (χ4n) is 3.05. The van der Waals surface area contributed by atoms with E-state index in [9.17, 15) is 9.59 Å². The van der Waals surface area contributed by atoms with Crippen LogP contribution in [0.3, 0.4) is 0 Å². The first-order valence-electron chi connectivity index (χ1n) is 8.30. The molecule has 3 rings (SSSR count). The van der Waals surface area contributed by atoms with Gasteiger partial charge in [-0.25, -0.2) is 4.98 Å². The molecule has 0 unspecified atom stereocenters. The monoisotopic (exact) mass is 362 g/mol. The van der Waals surface area contributed by atoms with Gasteiger partial charge in [-0.1, -0.05) is 0 Å². The van der Waals surface area contributed by atoms with E-state index in [1.54, 1.807) is 15.9 Å². The maximum absolute atomic E-state index is 12.8. The number of hydrogen-bond donors (Lipinski definition) is 2. The summed E-state index contributed by atoms with van der Waals surface area (Å²) in [6.07, 6.45) is 1.35. The molecule has 8 heteroatoms. The Balaban J connectivity index is 1.83. The zero-order chi connectivity index (χ0) is 17.8. The highest BCUT2D eigenvalue weighted by molar-refractivity contribution is 7.09. The highest BCUT2D eigenvalue weighted by atomic mass is 32.1. The second-order valence-electron chi connectivity index (χ2n) is 5.89. The van der Waals surface area contributed by atoms with E-state index >= 15 is 0 Å². The molecule has 2 aromatic rings. The van der Waals surface area contributed by atoms with Crippen molar-refractivity contribution in [2.24, 2.45) is 0 Å². The quantitative estimate of drug-likeness (QED) is 0.819. The molecular weight excluding hydrogens is 340 g/mol. The normalized spacial score (nSPS) is 13.8. The Morgan fingerprint density at radius 1 is 1.48 bits per heavy atom. The molecule has 134 valence electrons. The SMILES string of the molecule is COc1cc(=O)n2c(c1C(=O)NCCc1scnc1C)CCNCC2. The topological polar surface area (TPSA) is 85.2 Å². The van der Waals surface area contributed by atoms with E-state index in [2.05, 4.69) is 15.6 Å². The molecule has 1 aliphatic rings. The lowest BCUT2D eigenvalue weighted by Crippen LogP contribution is -2.32. The van der Waals surface area contributed by atoms with Crippen LogP contribution in [0.1, 0.15) is 26.6 Å². The predicted octanol–water partition coefficient (Wildman–Crippen LogP) is 0.740. The summed E-state index contributed by atoms with van der Waals surface area (Å²) in [5, 5.41) is 6.21. The van der Waals surface area contributed by atoms with E-state index in [0.717, 1.165) is 24.4 Å². The van der Waals surface area contributed by atoms with Crippen LogP contribution in [-0.2, 0) is 19.4 Å². The summed E-state index contributed by atoms with van der Waals surface area (Å²) in [6, 6.07) is 1.40. The number of amides is 1. The van der Waals surface area contributed by atoms with Gasteiger partial charge >= 0.3 is 0 Å². The van der Waals surface area contributed by atoms with Gasteiger partial charge in [-0.15, -0.1) is 11.3 Å². The molecular formula is C17H22N4O3S. The van der Waals surface area contributed by atoms with Gasteiger partial charge in [-0.2, -0.15) is 0 Å². The number of hydrogen-bond acceptors (Lipinski definition) is 6. The Hall–Kier alpha value is -2.19. The van der Waals surface area contributed by atoms with Crippen LogP contribution in [0.25, 0.3) is 0 Å². The molecule has 7 nitrogen and oxygen atoms in total. The lowest BCUT2D eigenvalue weighted by atomic mass is 10.1. The zero-order valence-electron chi connectivity index (χ0n) is 14.4. The maximum Gasteiger partial charge on any atom is 0.256 e. The number of aromatic nitrogens is 2. The average molecular weight is 362 g/mol. The van der Waals surface area contributed by atoms with Crippen molar-refractivity contribution in [1.82, 2.24) is 20.2 Å². The van der Waals surface area contributed by atoms with E-state index in [-0.39, 0.29) is 11.5 Å². The fourth-order valence-corrected chi connectivity index (χ4v) is 3.83. The van der Waals surface area contributed by atoms with Gasteiger partial charge in [-0.05, 0) is 6.92 Å². The van der Waals surface area contributed by atoms with E-state index in [1.807, 2.05) is 12.4 Å². The molecule has 0 bridgehead atoms. The number of rotatable bonds is 5. The smallest absolute Gasteiger partial charge is 0.256 e. The molecule has 0 saturated carbocycles. The third-order valence-corrected chi connectivity index (χ3v) is 5.36. The van der Waals surface area contributed by atoms with Crippen LogP contribution in [0, 0.1) is 6.92 Å². The Bertz CT molecular complexity index is 828. The number of pyridine rings is 1. The molecule has 0 aromatic carbocycles. The van der Waals surface area contributed by atoms with Gasteiger partial charge in [0.1, 0.15) is 11.3 Å². The third kappa shape index (κ3) is 3.74. The highest BCUT2D eigenvalue weighted by Gasteiger charge is 2.23. The van der Waals surface area contributed by atoms with Crippen LogP contribution in [0.4, 0.5) is 0 Å². The molecule has 0 fully saturated rings. The summed E-state index contributed by atoms with van der Waals surface area (Å²) in [5.74, 6) is 0.134. The first-order chi connectivity index (χ1) is 12.1. The molecule has 0 atom stereocenters. The highest BCUT2D eigenvalue weighted by Crippen LogP contribution is 2.21. The van der Waals surface area contributed by atoms with Gasteiger partial charge in [0.05, 0.1) is 18.3 Å². The zero-order valence-corrected chi connectivity index (χ0v) is 15.2. The number of carbonyl (C=O) groups excluding carboxylic acids is 1. The molecule has 0 radical (unpaired) electrons. The fraction of sp³-hybridized carbons (Fsp3) is 0.471. The Labute approximate surface area is 150 Å². The number of fused-ring (bicyclic) bond motifs is 1. The maximum atomic E-state index is 12.8. The lowest BCUT2D eigenvalue weighted by Gasteiger charge is -2.17. The summed E-state index contributed by atoms with van der Waals surface area (Å²) in [4.78, 5) is 30.5. The molecule has 25 heavy (non-hydrogen) atoms. The Morgan fingerprint density at radius 3 is 3.04 bits per heavy atom. The number of ether oxygens (including phenoxy) is 1. The molecule has 1 amide bonds. The van der Waals surface area contributed by atoms with Crippen molar-refractivity contribution in [3.8, 4) is 5.75 Å². The second kappa shape index (κ2) is 7.79. The first kappa shape index (κ1) is 17.6. The van der Waals surface area contributed by atoms with Crippen LogP contribution >= 0.6 is 11.3 Å². The summed E-state index contributed by atoms with van der Waals surface area (Å²) in [7, 11) is 1.48. The van der Waals surface area contributed by atoms with Gasteiger partial charge in [0.25, 0.3) is 11.5 Å². The number of nitrogens with zero attached hydrogens (tertiary/aromatic N) is 2. The van der Waals surface area contributed by atoms with Crippen molar-refractivity contribution in [2.75, 3.05) is 26.7 Å². The molecule has 0 spiro atoms. The third-order valence-electron chi connectivity index (χ3n) is 4.36. The predicted molar refractivity (Wildman–Crippen MR) is 96.7 cm³/mol. The molecule has 0 saturated heterocycles. The molecule has 1 aliphatic heterocycles. The van der Waals surface area contributed by atoms with E-state index in [1.165, 1.54) is 18.1 Å². The van der Waals surface area contributed by atoms with Gasteiger partial charge in [0, 0.05) is 55.7 Å². The van der Waals surface area contributed by atoms with E-state index < -0.39 is 0 Å². The first-order valence-corrected chi connectivity index (χ1v) is 9.18. The number of aryl methyl sites for hydroxylation is 1. The summed E-state index contributed by atoms with van der Waals surface area (Å²) in [5.41, 5.74) is 3.88. The van der Waals surface area contributed by atoms with Crippen molar-refractivity contribution >= 4 is 17.2 Å². The molecule has 2 aromatic heterocycles. The number of methoxy groups -OCH3 is 1. The molecule has 3 heterocycles. The number of thiazole rings is 1.